The largest absolute Gasteiger partial charge is 0.495 e. The van der Waals surface area contributed by atoms with Crippen LogP contribution in [0, 0.1) is 0 Å². The second-order valence-corrected chi connectivity index (χ2v) is 5.08. The summed E-state index contributed by atoms with van der Waals surface area (Å²) in [6, 6.07) is 5.76. The van der Waals surface area contributed by atoms with Gasteiger partial charge in [-0.05, 0) is 43.4 Å². The highest BCUT2D eigenvalue weighted by Gasteiger charge is 2.14. The first-order chi connectivity index (χ1) is 9.76. The minimum absolute atomic E-state index is 0.635. The van der Waals surface area contributed by atoms with E-state index in [1.807, 2.05) is 18.2 Å². The molecule has 0 atom stereocenters. The highest BCUT2D eigenvalue weighted by atomic mass is 16.5. The zero-order valence-corrected chi connectivity index (χ0v) is 11.6. The minimum Gasteiger partial charge on any atom is -0.495 e. The molecule has 1 aromatic heterocycles. The van der Waals surface area contributed by atoms with Crippen LogP contribution >= 0.6 is 0 Å². The predicted octanol–water partition coefficient (Wildman–Crippen LogP) is 1.93. The summed E-state index contributed by atoms with van der Waals surface area (Å²) in [5.41, 5.74) is 9.80. The van der Waals surface area contributed by atoms with E-state index in [0.717, 1.165) is 35.6 Å². The van der Waals surface area contributed by atoms with Crippen molar-refractivity contribution in [2.45, 2.75) is 32.1 Å². The van der Waals surface area contributed by atoms with Gasteiger partial charge in [0, 0.05) is 6.42 Å². The summed E-state index contributed by atoms with van der Waals surface area (Å²) in [5.74, 6) is 1.45. The molecule has 20 heavy (non-hydrogen) atoms. The number of methoxy groups -OCH3 is 1. The molecule has 1 aliphatic rings. The van der Waals surface area contributed by atoms with Crippen LogP contribution in [0.5, 0.6) is 5.75 Å². The van der Waals surface area contributed by atoms with Gasteiger partial charge in [0.05, 0.1) is 24.2 Å². The molecular formula is C15H18N4O. The van der Waals surface area contributed by atoms with Crippen LogP contribution in [0.3, 0.4) is 0 Å². The number of aryl methyl sites for hydroxylation is 2. The van der Waals surface area contributed by atoms with Crippen LogP contribution in [0.25, 0.3) is 0 Å². The fourth-order valence-corrected chi connectivity index (χ4v) is 2.55. The Hall–Kier alpha value is -2.17. The molecule has 5 nitrogen and oxygen atoms in total. The van der Waals surface area contributed by atoms with Gasteiger partial charge in [0.1, 0.15) is 5.75 Å². The number of nitrogens with zero attached hydrogens (tertiary/aromatic N) is 3. The van der Waals surface area contributed by atoms with Crippen molar-refractivity contribution < 1.29 is 4.74 Å². The number of fused-ring (bicyclic) bond motifs is 1. The van der Waals surface area contributed by atoms with E-state index in [4.69, 9.17) is 10.5 Å². The zero-order chi connectivity index (χ0) is 13.9. The van der Waals surface area contributed by atoms with Gasteiger partial charge in [-0.15, -0.1) is 5.10 Å². The van der Waals surface area contributed by atoms with Crippen LogP contribution in [-0.2, 0) is 19.3 Å². The van der Waals surface area contributed by atoms with Crippen molar-refractivity contribution in [2.24, 2.45) is 0 Å². The number of aromatic nitrogens is 3. The molecule has 5 heteroatoms. The van der Waals surface area contributed by atoms with E-state index in [9.17, 15) is 0 Å². The van der Waals surface area contributed by atoms with Crippen molar-refractivity contribution in [3.8, 4) is 5.75 Å². The number of nitrogens with two attached hydrogens (primary N) is 1. The Bertz CT molecular complexity index is 627. The number of nitrogen functional groups attached to an aromatic ring is 1. The highest BCUT2D eigenvalue weighted by molar-refractivity contribution is 5.54. The first kappa shape index (κ1) is 12.8. The third-order valence-electron chi connectivity index (χ3n) is 3.62. The van der Waals surface area contributed by atoms with Crippen LogP contribution in [-0.4, -0.2) is 22.3 Å². The Morgan fingerprint density at radius 2 is 1.95 bits per heavy atom. The Morgan fingerprint density at radius 1 is 1.15 bits per heavy atom. The van der Waals surface area contributed by atoms with Crippen LogP contribution in [0.2, 0.25) is 0 Å². The quantitative estimate of drug-likeness (QED) is 0.863. The number of ether oxygens (including phenoxy) is 1. The van der Waals surface area contributed by atoms with Crippen molar-refractivity contribution in [1.29, 1.82) is 0 Å². The average molecular weight is 270 g/mol. The van der Waals surface area contributed by atoms with Gasteiger partial charge in [-0.3, -0.25) is 0 Å². The standard InChI is InChI=1S/C15H18N4O/c1-20-14-7-6-10(8-11(14)16)9-15-17-12-4-2-3-5-13(12)18-19-15/h6-8H,2-5,9,16H2,1H3. The SMILES string of the molecule is COc1ccc(Cc2nnc3c(n2)CCCC3)cc1N. The number of benzene rings is 1. The van der Waals surface area contributed by atoms with Crippen molar-refractivity contribution >= 4 is 5.69 Å². The summed E-state index contributed by atoms with van der Waals surface area (Å²) in [7, 11) is 1.61. The molecule has 104 valence electrons. The van der Waals surface area contributed by atoms with Crippen molar-refractivity contribution in [3.63, 3.8) is 0 Å². The Morgan fingerprint density at radius 3 is 2.70 bits per heavy atom. The number of anilines is 1. The normalized spacial score (nSPS) is 13.8. The summed E-state index contributed by atoms with van der Waals surface area (Å²) in [6.45, 7) is 0. The summed E-state index contributed by atoms with van der Waals surface area (Å²) < 4.78 is 5.16. The van der Waals surface area contributed by atoms with Gasteiger partial charge in [-0.2, -0.15) is 5.10 Å². The molecule has 0 radical (unpaired) electrons. The average Bonchev–Trinajstić information content (AvgIpc) is 2.47. The van der Waals surface area contributed by atoms with E-state index in [-0.39, 0.29) is 0 Å². The first-order valence-electron chi connectivity index (χ1n) is 6.90. The molecule has 0 aliphatic heterocycles. The lowest BCUT2D eigenvalue weighted by Gasteiger charge is -2.13. The fraction of sp³-hybridized carbons (Fsp3) is 0.400. The number of hydrogen-bond donors (Lipinski definition) is 1. The van der Waals surface area contributed by atoms with Gasteiger partial charge in [-0.1, -0.05) is 6.07 Å². The maximum atomic E-state index is 5.91. The summed E-state index contributed by atoms with van der Waals surface area (Å²) in [5, 5.41) is 8.53. The van der Waals surface area contributed by atoms with Crippen LogP contribution < -0.4 is 10.5 Å². The molecule has 1 aliphatic carbocycles. The zero-order valence-electron chi connectivity index (χ0n) is 11.6. The molecule has 0 bridgehead atoms. The van der Waals surface area contributed by atoms with Gasteiger partial charge in [0.25, 0.3) is 0 Å². The summed E-state index contributed by atoms with van der Waals surface area (Å²) in [4.78, 5) is 4.64. The Labute approximate surface area is 118 Å². The molecule has 0 spiro atoms. The van der Waals surface area contributed by atoms with Crippen LogP contribution in [0.4, 0.5) is 5.69 Å². The lowest BCUT2D eigenvalue weighted by molar-refractivity contribution is 0.417. The third-order valence-corrected chi connectivity index (χ3v) is 3.62. The molecule has 0 saturated carbocycles. The Kier molecular flexibility index (Phi) is 3.50. The first-order valence-corrected chi connectivity index (χ1v) is 6.90. The maximum absolute atomic E-state index is 5.91. The Balaban J connectivity index is 1.82. The molecular weight excluding hydrogens is 252 g/mol. The van der Waals surface area contributed by atoms with Gasteiger partial charge in [0.15, 0.2) is 5.82 Å². The number of hydrogen-bond acceptors (Lipinski definition) is 5. The summed E-state index contributed by atoms with van der Waals surface area (Å²) in [6.07, 6.45) is 5.06. The molecule has 1 aromatic carbocycles. The second-order valence-electron chi connectivity index (χ2n) is 5.08. The lowest BCUT2D eigenvalue weighted by atomic mass is 10.0. The van der Waals surface area contributed by atoms with Gasteiger partial charge in [-0.25, -0.2) is 4.98 Å². The van der Waals surface area contributed by atoms with Crippen molar-refractivity contribution in [2.75, 3.05) is 12.8 Å². The molecule has 0 unspecified atom stereocenters. The van der Waals surface area contributed by atoms with E-state index >= 15 is 0 Å². The maximum Gasteiger partial charge on any atom is 0.155 e. The van der Waals surface area contributed by atoms with Gasteiger partial charge in [0.2, 0.25) is 0 Å². The molecule has 3 rings (SSSR count). The fourth-order valence-electron chi connectivity index (χ4n) is 2.55. The van der Waals surface area contributed by atoms with Crippen molar-refractivity contribution in [1.82, 2.24) is 15.2 Å². The highest BCUT2D eigenvalue weighted by Crippen LogP contribution is 2.23. The molecule has 1 heterocycles. The molecule has 0 saturated heterocycles. The smallest absolute Gasteiger partial charge is 0.155 e. The third kappa shape index (κ3) is 2.57. The second kappa shape index (κ2) is 5.45. The van der Waals surface area contributed by atoms with Crippen molar-refractivity contribution in [3.05, 3.63) is 41.0 Å². The molecule has 2 aromatic rings. The molecule has 0 amide bonds. The van der Waals surface area contributed by atoms with E-state index in [0.29, 0.717) is 17.9 Å². The predicted molar refractivity (Wildman–Crippen MR) is 76.7 cm³/mol. The van der Waals surface area contributed by atoms with Gasteiger partial charge < -0.3 is 10.5 Å². The van der Waals surface area contributed by atoms with E-state index in [2.05, 4.69) is 15.2 Å². The lowest BCUT2D eigenvalue weighted by Crippen LogP contribution is -2.12. The topological polar surface area (TPSA) is 73.9 Å². The van der Waals surface area contributed by atoms with E-state index in [1.54, 1.807) is 7.11 Å². The van der Waals surface area contributed by atoms with E-state index in [1.165, 1.54) is 12.8 Å². The van der Waals surface area contributed by atoms with Crippen LogP contribution in [0.15, 0.2) is 18.2 Å². The molecule has 2 N–H and O–H groups in total. The monoisotopic (exact) mass is 270 g/mol. The van der Waals surface area contributed by atoms with Gasteiger partial charge >= 0.3 is 0 Å². The summed E-state index contributed by atoms with van der Waals surface area (Å²) >= 11 is 0. The number of rotatable bonds is 3. The van der Waals surface area contributed by atoms with Crippen LogP contribution in [0.1, 0.15) is 35.6 Å². The minimum atomic E-state index is 0.635. The van der Waals surface area contributed by atoms with E-state index < -0.39 is 0 Å². The molecule has 0 fully saturated rings.